The molecule has 0 bridgehead atoms. The molecule has 56 valence electrons. The van der Waals surface area contributed by atoms with E-state index in [1.807, 2.05) is 0 Å². The zero-order valence-electron chi connectivity index (χ0n) is 6.13. The number of nitrogens with two attached hydrogens (primary N) is 1. The van der Waals surface area contributed by atoms with Gasteiger partial charge in [-0.2, -0.15) is 0 Å². The fraction of sp³-hybridized carbons (Fsp3) is 0.571. The van der Waals surface area contributed by atoms with Crippen LogP contribution in [0, 0.1) is 12.3 Å². The van der Waals surface area contributed by atoms with Crippen LogP contribution in [0.2, 0.25) is 0 Å². The van der Waals surface area contributed by atoms with Gasteiger partial charge in [-0.25, -0.2) is 0 Å². The molecule has 0 amide bonds. The number of hydrogen-bond acceptors (Lipinski definition) is 2. The first kappa shape index (κ1) is 8.99. The Labute approximate surface area is 61.3 Å². The van der Waals surface area contributed by atoms with E-state index in [2.05, 4.69) is 10.9 Å². The van der Waals surface area contributed by atoms with Gasteiger partial charge in [0.25, 0.3) is 0 Å². The van der Waals surface area contributed by atoms with Crippen molar-refractivity contribution in [3.63, 3.8) is 0 Å². The Balaban J connectivity index is 3.07. The average Bonchev–Trinajstić information content (AvgIpc) is 1.87. The highest BCUT2D eigenvalue weighted by molar-refractivity contribution is 5.77. The minimum Gasteiger partial charge on any atom is -0.388 e. The lowest BCUT2D eigenvalue weighted by atomic mass is 10.6. The second kappa shape index (κ2) is 6.12. The largest absolute Gasteiger partial charge is 0.388 e. The minimum atomic E-state index is 0.346. The summed E-state index contributed by atoms with van der Waals surface area (Å²) in [6, 6.07) is 0. The van der Waals surface area contributed by atoms with Crippen molar-refractivity contribution in [3.05, 3.63) is 0 Å². The van der Waals surface area contributed by atoms with Crippen molar-refractivity contribution in [2.75, 3.05) is 19.8 Å². The normalized spacial score (nSPS) is 11.0. The Morgan fingerprint density at radius 3 is 3.00 bits per heavy atom. The van der Waals surface area contributed by atoms with Crippen LogP contribution in [-0.4, -0.2) is 25.6 Å². The van der Waals surface area contributed by atoms with E-state index in [9.17, 15) is 0 Å². The molecule has 3 nitrogen and oxygen atoms in total. The van der Waals surface area contributed by atoms with E-state index in [1.54, 1.807) is 6.92 Å². The first-order valence-electron chi connectivity index (χ1n) is 3.05. The number of amidine groups is 1. The Morgan fingerprint density at radius 2 is 2.50 bits per heavy atom. The number of ether oxygens (including phenoxy) is 1. The van der Waals surface area contributed by atoms with Crippen molar-refractivity contribution >= 4 is 5.84 Å². The number of nitrogens with zero attached hydrogens (tertiary/aromatic N) is 1. The molecular weight excluding hydrogens is 128 g/mol. The van der Waals surface area contributed by atoms with Gasteiger partial charge in [0.15, 0.2) is 0 Å². The predicted molar refractivity (Wildman–Crippen MR) is 41.8 cm³/mol. The summed E-state index contributed by atoms with van der Waals surface area (Å²) in [5, 5.41) is 0. The summed E-state index contributed by atoms with van der Waals surface area (Å²) < 4.78 is 4.93. The van der Waals surface area contributed by atoms with Gasteiger partial charge in [-0.3, -0.25) is 4.99 Å². The molecule has 0 radical (unpaired) electrons. The average molecular weight is 140 g/mol. The first-order chi connectivity index (χ1) is 4.77. The summed E-state index contributed by atoms with van der Waals surface area (Å²) in [6.45, 7) is 3.21. The number of aliphatic imine (C=N–C) groups is 1. The van der Waals surface area contributed by atoms with Crippen molar-refractivity contribution in [1.82, 2.24) is 0 Å². The second-order valence-corrected chi connectivity index (χ2v) is 1.78. The highest BCUT2D eigenvalue weighted by Crippen LogP contribution is 1.75. The Bertz CT molecular complexity index is 142. The molecule has 0 unspecified atom stereocenters. The third kappa shape index (κ3) is 6.99. The molecule has 0 aliphatic heterocycles. The Kier molecular flexibility index (Phi) is 5.50. The predicted octanol–water partition coefficient (Wildman–Crippen LogP) is 0.0133. The topological polar surface area (TPSA) is 47.6 Å². The summed E-state index contributed by atoms with van der Waals surface area (Å²) >= 11 is 0. The molecule has 2 N–H and O–H groups in total. The maximum Gasteiger partial charge on any atom is 0.107 e. The molecule has 0 saturated heterocycles. The molecular formula is C7H12N2O. The van der Waals surface area contributed by atoms with Gasteiger partial charge in [-0.1, -0.05) is 5.92 Å². The fourth-order valence-corrected chi connectivity index (χ4v) is 0.418. The molecule has 3 heteroatoms. The lowest BCUT2D eigenvalue weighted by molar-refractivity contribution is 0.176. The molecule has 0 saturated carbocycles. The van der Waals surface area contributed by atoms with Crippen LogP contribution >= 0.6 is 0 Å². The van der Waals surface area contributed by atoms with Crippen LogP contribution in [0.1, 0.15) is 6.92 Å². The number of rotatable bonds is 4. The van der Waals surface area contributed by atoms with Gasteiger partial charge in [0, 0.05) is 0 Å². The van der Waals surface area contributed by atoms with E-state index in [-0.39, 0.29) is 0 Å². The van der Waals surface area contributed by atoms with E-state index in [4.69, 9.17) is 16.9 Å². The quantitative estimate of drug-likeness (QED) is 0.259. The summed E-state index contributed by atoms with van der Waals surface area (Å²) in [5.41, 5.74) is 5.26. The summed E-state index contributed by atoms with van der Waals surface area (Å²) in [7, 11) is 0. The SMILES string of the molecule is C#CCOCCN=C(C)N. The first-order valence-corrected chi connectivity index (χ1v) is 3.05. The van der Waals surface area contributed by atoms with Crippen molar-refractivity contribution in [1.29, 1.82) is 0 Å². The molecule has 0 fully saturated rings. The smallest absolute Gasteiger partial charge is 0.107 e. The maximum absolute atomic E-state index is 5.26. The molecule has 0 aliphatic rings. The van der Waals surface area contributed by atoms with Crippen LogP contribution in [0.3, 0.4) is 0 Å². The van der Waals surface area contributed by atoms with Crippen LogP contribution in [0.4, 0.5) is 0 Å². The van der Waals surface area contributed by atoms with Gasteiger partial charge in [-0.15, -0.1) is 6.42 Å². The fourth-order valence-electron chi connectivity index (χ4n) is 0.418. The zero-order valence-corrected chi connectivity index (χ0v) is 6.13. The van der Waals surface area contributed by atoms with E-state index < -0.39 is 0 Å². The molecule has 0 aromatic heterocycles. The van der Waals surface area contributed by atoms with Crippen LogP contribution in [-0.2, 0) is 4.74 Å². The van der Waals surface area contributed by atoms with Gasteiger partial charge in [0.1, 0.15) is 6.61 Å². The molecule has 0 spiro atoms. The van der Waals surface area contributed by atoms with E-state index in [0.717, 1.165) is 0 Å². The molecule has 0 aromatic rings. The molecule has 0 atom stereocenters. The summed E-state index contributed by atoms with van der Waals surface area (Å²) in [6.07, 6.45) is 4.94. The molecule has 0 heterocycles. The van der Waals surface area contributed by atoms with Crippen molar-refractivity contribution in [2.45, 2.75) is 6.92 Å². The second-order valence-electron chi connectivity index (χ2n) is 1.78. The lowest BCUT2D eigenvalue weighted by Gasteiger charge is -1.95. The van der Waals surface area contributed by atoms with Crippen molar-refractivity contribution in [3.8, 4) is 12.3 Å². The lowest BCUT2D eigenvalue weighted by Crippen LogP contribution is -2.08. The minimum absolute atomic E-state index is 0.346. The standard InChI is InChI=1S/C7H12N2O/c1-3-5-10-6-4-9-7(2)8/h1H,4-6H2,2H3,(H2,8,9). The van der Waals surface area contributed by atoms with E-state index in [0.29, 0.717) is 25.6 Å². The molecule has 10 heavy (non-hydrogen) atoms. The monoisotopic (exact) mass is 140 g/mol. The van der Waals surface area contributed by atoms with Crippen LogP contribution in [0.15, 0.2) is 4.99 Å². The Morgan fingerprint density at radius 1 is 1.80 bits per heavy atom. The highest BCUT2D eigenvalue weighted by Gasteiger charge is 1.82. The van der Waals surface area contributed by atoms with Gasteiger partial charge < -0.3 is 10.5 Å². The number of terminal acetylenes is 1. The Hall–Kier alpha value is -1.01. The van der Waals surface area contributed by atoms with Crippen LogP contribution in [0.5, 0.6) is 0 Å². The molecule has 0 aliphatic carbocycles. The van der Waals surface area contributed by atoms with Crippen LogP contribution in [0.25, 0.3) is 0 Å². The van der Waals surface area contributed by atoms with E-state index in [1.165, 1.54) is 0 Å². The number of hydrogen-bond donors (Lipinski definition) is 1. The highest BCUT2D eigenvalue weighted by atomic mass is 16.5. The summed E-state index contributed by atoms with van der Waals surface area (Å²) in [4.78, 5) is 3.90. The van der Waals surface area contributed by atoms with E-state index >= 15 is 0 Å². The third-order valence-electron chi connectivity index (χ3n) is 0.782. The molecule has 0 aromatic carbocycles. The van der Waals surface area contributed by atoms with Gasteiger partial charge in [0.2, 0.25) is 0 Å². The van der Waals surface area contributed by atoms with Gasteiger partial charge >= 0.3 is 0 Å². The molecule has 0 rings (SSSR count). The summed E-state index contributed by atoms with van der Waals surface area (Å²) in [5.74, 6) is 2.93. The van der Waals surface area contributed by atoms with Crippen molar-refractivity contribution < 1.29 is 4.74 Å². The third-order valence-corrected chi connectivity index (χ3v) is 0.782. The van der Waals surface area contributed by atoms with Crippen molar-refractivity contribution in [2.24, 2.45) is 10.7 Å². The maximum atomic E-state index is 5.26. The zero-order chi connectivity index (χ0) is 7.82. The van der Waals surface area contributed by atoms with Crippen LogP contribution < -0.4 is 5.73 Å². The van der Waals surface area contributed by atoms with Gasteiger partial charge in [0.05, 0.1) is 19.0 Å². The van der Waals surface area contributed by atoms with Gasteiger partial charge in [-0.05, 0) is 6.92 Å².